The van der Waals surface area contributed by atoms with Crippen LogP contribution in [0.15, 0.2) is 24.5 Å². The van der Waals surface area contributed by atoms with Crippen LogP contribution in [-0.4, -0.2) is 30.2 Å². The first-order valence-electron chi connectivity index (χ1n) is 6.72. The molecule has 0 unspecified atom stereocenters. The minimum atomic E-state index is 0.541. The summed E-state index contributed by atoms with van der Waals surface area (Å²) < 4.78 is 3.86. The summed E-state index contributed by atoms with van der Waals surface area (Å²) in [6.07, 6.45) is 3.18. The second-order valence-corrected chi connectivity index (χ2v) is 5.65. The molecule has 0 bridgehead atoms. The van der Waals surface area contributed by atoms with Crippen molar-refractivity contribution in [1.82, 2.24) is 24.3 Å². The van der Waals surface area contributed by atoms with Crippen LogP contribution in [0.4, 0.5) is 0 Å². The maximum Gasteiger partial charge on any atom is 0.152 e. The lowest BCUT2D eigenvalue weighted by molar-refractivity contribution is 0.646. The molecule has 21 heavy (non-hydrogen) atoms. The molecule has 5 nitrogen and oxygen atoms in total. The molecule has 3 rings (SSSR count). The highest BCUT2D eigenvalue weighted by Crippen LogP contribution is 2.21. The molecule has 0 aliphatic rings. The van der Waals surface area contributed by atoms with Crippen LogP contribution in [0.3, 0.4) is 0 Å². The molecule has 7 heteroatoms. The number of nitrogens with zero attached hydrogens (tertiary/aromatic N) is 5. The van der Waals surface area contributed by atoms with E-state index < -0.39 is 0 Å². The molecule has 1 aromatic carbocycles. The highest BCUT2D eigenvalue weighted by molar-refractivity contribution is 6.31. The van der Waals surface area contributed by atoms with Gasteiger partial charge in [0.25, 0.3) is 0 Å². The number of hydrogen-bond donors (Lipinski definition) is 0. The molecular weight excluding hydrogens is 309 g/mol. The third kappa shape index (κ3) is 3.04. The van der Waals surface area contributed by atoms with Gasteiger partial charge in [-0.2, -0.15) is 5.10 Å². The Morgan fingerprint density at radius 3 is 2.81 bits per heavy atom. The van der Waals surface area contributed by atoms with E-state index in [0.29, 0.717) is 10.9 Å². The quantitative estimate of drug-likeness (QED) is 0.678. The van der Waals surface area contributed by atoms with Crippen molar-refractivity contribution in [1.29, 1.82) is 0 Å². The van der Waals surface area contributed by atoms with Gasteiger partial charge in [0.15, 0.2) is 5.82 Å². The molecule has 0 saturated carbocycles. The Morgan fingerprint density at radius 2 is 2.10 bits per heavy atom. The van der Waals surface area contributed by atoms with Gasteiger partial charge in [-0.15, -0.1) is 11.6 Å². The molecule has 0 aliphatic carbocycles. The van der Waals surface area contributed by atoms with Crippen molar-refractivity contribution >= 4 is 34.2 Å². The summed E-state index contributed by atoms with van der Waals surface area (Å²) in [7, 11) is 1.86. The second-order valence-electron chi connectivity index (χ2n) is 4.84. The number of alkyl halides is 1. The lowest BCUT2D eigenvalue weighted by atomic mass is 10.3. The maximum atomic E-state index is 6.10. The summed E-state index contributed by atoms with van der Waals surface area (Å²) in [6.45, 7) is 0.757. The molecule has 0 saturated heterocycles. The van der Waals surface area contributed by atoms with Crippen molar-refractivity contribution in [3.8, 4) is 0 Å². The van der Waals surface area contributed by atoms with Gasteiger partial charge in [0.2, 0.25) is 0 Å². The molecule has 110 valence electrons. The monoisotopic (exact) mass is 323 g/mol. The SMILES string of the molecule is Cn1cnc(CCn2c(CCCl)nc3ccc(Cl)cc32)n1. The van der Waals surface area contributed by atoms with Gasteiger partial charge in [0.05, 0.1) is 11.0 Å². The van der Waals surface area contributed by atoms with E-state index in [-0.39, 0.29) is 0 Å². The van der Waals surface area contributed by atoms with E-state index in [2.05, 4.69) is 19.6 Å². The summed E-state index contributed by atoms with van der Waals surface area (Å²) in [6, 6.07) is 5.73. The van der Waals surface area contributed by atoms with Gasteiger partial charge in [-0.05, 0) is 18.2 Å². The lowest BCUT2D eigenvalue weighted by Crippen LogP contribution is -2.08. The Hall–Kier alpha value is -1.59. The standard InChI is InChI=1S/C14H15Cl2N5/c1-20-9-17-13(19-20)5-7-21-12-8-10(16)2-3-11(12)18-14(21)4-6-15/h2-3,8-9H,4-7H2,1H3. The van der Waals surface area contributed by atoms with Crippen LogP contribution in [0.5, 0.6) is 0 Å². The third-order valence-electron chi connectivity index (χ3n) is 3.31. The van der Waals surface area contributed by atoms with Gasteiger partial charge in [-0.1, -0.05) is 11.6 Å². The summed E-state index contributed by atoms with van der Waals surface area (Å²) in [4.78, 5) is 8.89. The molecule has 0 aliphatic heterocycles. The lowest BCUT2D eigenvalue weighted by Gasteiger charge is -2.07. The number of aryl methyl sites for hydroxylation is 4. The van der Waals surface area contributed by atoms with E-state index in [1.165, 1.54) is 0 Å². The molecule has 0 N–H and O–H groups in total. The Bertz CT molecular complexity index is 762. The van der Waals surface area contributed by atoms with Gasteiger partial charge in [0.1, 0.15) is 12.2 Å². The van der Waals surface area contributed by atoms with Crippen LogP contribution in [0, 0.1) is 0 Å². The van der Waals surface area contributed by atoms with Crippen LogP contribution < -0.4 is 0 Å². The minimum absolute atomic E-state index is 0.541. The first-order chi connectivity index (χ1) is 10.2. The molecule has 0 spiro atoms. The van der Waals surface area contributed by atoms with Crippen molar-refractivity contribution in [2.45, 2.75) is 19.4 Å². The van der Waals surface area contributed by atoms with E-state index in [1.54, 1.807) is 11.0 Å². The fourth-order valence-corrected chi connectivity index (χ4v) is 2.72. The maximum absolute atomic E-state index is 6.10. The molecular formula is C14H15Cl2N5. The second kappa shape index (κ2) is 6.03. The van der Waals surface area contributed by atoms with Crippen LogP contribution in [-0.2, 0) is 26.4 Å². The number of halogens is 2. The van der Waals surface area contributed by atoms with E-state index in [1.807, 2.05) is 25.2 Å². The van der Waals surface area contributed by atoms with Crippen molar-refractivity contribution < 1.29 is 0 Å². The third-order valence-corrected chi connectivity index (χ3v) is 3.74. The molecule has 0 atom stereocenters. The molecule has 3 aromatic rings. The summed E-state index contributed by atoms with van der Waals surface area (Å²) in [5.74, 6) is 2.33. The van der Waals surface area contributed by atoms with E-state index >= 15 is 0 Å². The number of hydrogen-bond acceptors (Lipinski definition) is 3. The molecule has 0 radical (unpaired) electrons. The van der Waals surface area contributed by atoms with Crippen molar-refractivity contribution in [2.24, 2.45) is 7.05 Å². The zero-order valence-electron chi connectivity index (χ0n) is 11.6. The average molecular weight is 324 g/mol. The summed E-state index contributed by atoms with van der Waals surface area (Å²) in [5, 5.41) is 5.01. The fraction of sp³-hybridized carbons (Fsp3) is 0.357. The molecule has 0 amide bonds. The van der Waals surface area contributed by atoms with Gasteiger partial charge >= 0.3 is 0 Å². The number of imidazole rings is 1. The molecule has 2 heterocycles. The fourth-order valence-electron chi connectivity index (χ4n) is 2.38. The van der Waals surface area contributed by atoms with Gasteiger partial charge in [0, 0.05) is 37.3 Å². The Balaban J connectivity index is 1.94. The average Bonchev–Trinajstić information content (AvgIpc) is 3.01. The van der Waals surface area contributed by atoms with Crippen molar-refractivity contribution in [3.05, 3.63) is 41.2 Å². The van der Waals surface area contributed by atoms with Crippen LogP contribution in [0.2, 0.25) is 5.02 Å². The Morgan fingerprint density at radius 1 is 1.24 bits per heavy atom. The van der Waals surface area contributed by atoms with Crippen molar-refractivity contribution in [2.75, 3.05) is 5.88 Å². The number of aromatic nitrogens is 5. The molecule has 2 aromatic heterocycles. The Labute approximate surface area is 132 Å². The number of rotatable bonds is 5. The zero-order chi connectivity index (χ0) is 14.8. The normalized spacial score (nSPS) is 11.4. The van der Waals surface area contributed by atoms with Gasteiger partial charge < -0.3 is 4.57 Å². The highest BCUT2D eigenvalue weighted by Gasteiger charge is 2.11. The van der Waals surface area contributed by atoms with E-state index in [9.17, 15) is 0 Å². The Kier molecular flexibility index (Phi) is 4.12. The van der Waals surface area contributed by atoms with Gasteiger partial charge in [-0.3, -0.25) is 4.68 Å². The van der Waals surface area contributed by atoms with Crippen LogP contribution >= 0.6 is 23.2 Å². The predicted octanol–water partition coefficient (Wildman–Crippen LogP) is 2.84. The van der Waals surface area contributed by atoms with E-state index in [4.69, 9.17) is 23.2 Å². The smallest absolute Gasteiger partial charge is 0.152 e. The summed E-state index contributed by atoms with van der Waals surface area (Å²) in [5.41, 5.74) is 1.96. The first kappa shape index (κ1) is 14.4. The topological polar surface area (TPSA) is 48.5 Å². The minimum Gasteiger partial charge on any atom is -0.327 e. The number of fused-ring (bicyclic) bond motifs is 1. The van der Waals surface area contributed by atoms with Gasteiger partial charge in [-0.25, -0.2) is 9.97 Å². The van der Waals surface area contributed by atoms with Crippen LogP contribution in [0.25, 0.3) is 11.0 Å². The molecule has 0 fully saturated rings. The first-order valence-corrected chi connectivity index (χ1v) is 7.64. The van der Waals surface area contributed by atoms with Crippen LogP contribution in [0.1, 0.15) is 11.6 Å². The van der Waals surface area contributed by atoms with Crippen molar-refractivity contribution in [3.63, 3.8) is 0 Å². The number of benzene rings is 1. The predicted molar refractivity (Wildman–Crippen MR) is 83.9 cm³/mol. The highest BCUT2D eigenvalue weighted by atomic mass is 35.5. The largest absolute Gasteiger partial charge is 0.327 e. The van der Waals surface area contributed by atoms with E-state index in [0.717, 1.165) is 42.1 Å². The summed E-state index contributed by atoms with van der Waals surface area (Å²) >= 11 is 12.0. The zero-order valence-corrected chi connectivity index (χ0v) is 13.1.